The zero-order chi connectivity index (χ0) is 17.1. The Hall–Kier alpha value is -2.86. The molecule has 0 radical (unpaired) electrons. The van der Waals surface area contributed by atoms with Gasteiger partial charge in [-0.3, -0.25) is 9.59 Å². The van der Waals surface area contributed by atoms with Crippen molar-refractivity contribution in [3.63, 3.8) is 0 Å². The molecule has 0 spiro atoms. The third-order valence-corrected chi connectivity index (χ3v) is 3.30. The Morgan fingerprint density at radius 1 is 1.13 bits per heavy atom. The van der Waals surface area contributed by atoms with E-state index in [0.717, 1.165) is 5.56 Å². The molecule has 0 saturated heterocycles. The van der Waals surface area contributed by atoms with E-state index in [2.05, 4.69) is 5.32 Å². The fourth-order valence-corrected chi connectivity index (χ4v) is 2.22. The molecule has 0 fully saturated rings. The molecule has 0 aromatic heterocycles. The molecule has 2 amide bonds. The van der Waals surface area contributed by atoms with E-state index in [4.69, 9.17) is 10.5 Å². The fourth-order valence-electron chi connectivity index (χ4n) is 2.22. The van der Waals surface area contributed by atoms with E-state index in [0.29, 0.717) is 13.1 Å². The molecule has 0 bridgehead atoms. The predicted molar refractivity (Wildman–Crippen MR) is 84.7 cm³/mol. The Labute approximate surface area is 136 Å². The first-order valence-electron chi connectivity index (χ1n) is 7.42. The number of carbonyl (C=O) groups excluding carboxylic acids is 2. The van der Waals surface area contributed by atoms with Crippen molar-refractivity contribution >= 4 is 11.8 Å². The molecule has 0 aliphatic rings. The van der Waals surface area contributed by atoms with Gasteiger partial charge in [0.05, 0.1) is 37.4 Å². The zero-order valence-electron chi connectivity index (χ0n) is 13.2. The molecule has 1 aromatic carbocycles. The summed E-state index contributed by atoms with van der Waals surface area (Å²) in [5.41, 5.74) is 0.844. The van der Waals surface area contributed by atoms with Gasteiger partial charge in [-0.25, -0.2) is 0 Å². The first-order valence-corrected chi connectivity index (χ1v) is 7.42. The van der Waals surface area contributed by atoms with Crippen LogP contribution in [0.15, 0.2) is 30.3 Å². The van der Waals surface area contributed by atoms with Gasteiger partial charge in [0.15, 0.2) is 0 Å². The van der Waals surface area contributed by atoms with Crippen LogP contribution in [0, 0.1) is 22.7 Å². The Balaban J connectivity index is 2.83. The first-order chi connectivity index (χ1) is 11.1. The summed E-state index contributed by atoms with van der Waals surface area (Å²) in [5.74, 6) is -0.398. The lowest BCUT2D eigenvalue weighted by atomic mass is 10.0. The Bertz CT molecular complexity index is 583. The Morgan fingerprint density at radius 3 is 2.17 bits per heavy atom. The van der Waals surface area contributed by atoms with E-state index in [1.54, 1.807) is 0 Å². The molecule has 1 aromatic rings. The molecule has 0 aliphatic heterocycles. The summed E-state index contributed by atoms with van der Waals surface area (Å²) >= 11 is 0. The second-order valence-electron chi connectivity index (χ2n) is 5.06. The summed E-state index contributed by atoms with van der Waals surface area (Å²) in [7, 11) is 0. The van der Waals surface area contributed by atoms with Crippen molar-refractivity contribution in [2.75, 3.05) is 13.1 Å². The summed E-state index contributed by atoms with van der Waals surface area (Å²) in [6, 6.07) is 12.8. The van der Waals surface area contributed by atoms with Gasteiger partial charge in [0.2, 0.25) is 11.8 Å². The van der Waals surface area contributed by atoms with Gasteiger partial charge >= 0.3 is 0 Å². The summed E-state index contributed by atoms with van der Waals surface area (Å²) < 4.78 is 0. The quantitative estimate of drug-likeness (QED) is 0.793. The smallest absolute Gasteiger partial charge is 0.225 e. The minimum Gasteiger partial charge on any atom is -0.349 e. The number of nitrogens with one attached hydrogen (secondary N) is 1. The summed E-state index contributed by atoms with van der Waals surface area (Å²) in [4.78, 5) is 25.4. The van der Waals surface area contributed by atoms with Crippen LogP contribution in [-0.2, 0) is 9.59 Å². The van der Waals surface area contributed by atoms with Crippen LogP contribution in [0.5, 0.6) is 0 Å². The minimum atomic E-state index is -0.423. The van der Waals surface area contributed by atoms with Crippen molar-refractivity contribution in [3.05, 3.63) is 35.9 Å². The van der Waals surface area contributed by atoms with E-state index in [1.165, 1.54) is 11.8 Å². The third-order valence-electron chi connectivity index (χ3n) is 3.30. The maximum atomic E-state index is 12.5. The molecule has 1 rings (SSSR count). The van der Waals surface area contributed by atoms with E-state index in [-0.39, 0.29) is 31.1 Å². The average molecular weight is 312 g/mol. The van der Waals surface area contributed by atoms with Gasteiger partial charge in [-0.15, -0.1) is 0 Å². The average Bonchev–Trinajstić information content (AvgIpc) is 2.54. The van der Waals surface area contributed by atoms with Crippen LogP contribution < -0.4 is 5.32 Å². The molecule has 23 heavy (non-hydrogen) atoms. The number of hydrogen-bond acceptors (Lipinski definition) is 4. The van der Waals surface area contributed by atoms with Crippen LogP contribution in [0.3, 0.4) is 0 Å². The molecule has 1 N–H and O–H groups in total. The highest BCUT2D eigenvalue weighted by molar-refractivity contribution is 5.79. The van der Waals surface area contributed by atoms with Gasteiger partial charge in [-0.05, 0) is 5.56 Å². The third kappa shape index (κ3) is 6.62. The molecular weight excluding hydrogens is 292 g/mol. The van der Waals surface area contributed by atoms with E-state index >= 15 is 0 Å². The molecule has 6 nitrogen and oxygen atoms in total. The van der Waals surface area contributed by atoms with Gasteiger partial charge in [0.25, 0.3) is 0 Å². The second kappa shape index (κ2) is 9.97. The minimum absolute atomic E-state index is 0.0977. The SMILES string of the molecule is CC(=O)NC(CC(=O)N(CCC#N)CCC#N)c1ccccc1. The number of nitriles is 2. The monoisotopic (exact) mass is 312 g/mol. The van der Waals surface area contributed by atoms with Gasteiger partial charge in [-0.2, -0.15) is 10.5 Å². The molecule has 6 heteroatoms. The number of hydrogen-bond donors (Lipinski definition) is 1. The standard InChI is InChI=1S/C17H20N4O2/c1-14(22)20-16(15-7-3-2-4-8-15)13-17(23)21(11-5-9-18)12-6-10-19/h2-4,7-8,16H,5-6,11-13H2,1H3,(H,20,22). The summed E-state index contributed by atoms with van der Waals surface area (Å²) in [5, 5.41) is 20.2. The van der Waals surface area contributed by atoms with Crippen LogP contribution in [0.1, 0.15) is 37.8 Å². The fraction of sp³-hybridized carbons (Fsp3) is 0.412. The molecular formula is C17H20N4O2. The largest absolute Gasteiger partial charge is 0.349 e. The van der Waals surface area contributed by atoms with E-state index in [1.807, 2.05) is 42.5 Å². The lowest BCUT2D eigenvalue weighted by Gasteiger charge is -2.24. The van der Waals surface area contributed by atoms with Crippen molar-refractivity contribution in [2.24, 2.45) is 0 Å². The van der Waals surface area contributed by atoms with Gasteiger partial charge in [0, 0.05) is 20.0 Å². The van der Waals surface area contributed by atoms with Gasteiger partial charge in [0.1, 0.15) is 0 Å². The molecule has 0 aliphatic carbocycles. The second-order valence-corrected chi connectivity index (χ2v) is 5.06. The van der Waals surface area contributed by atoms with Gasteiger partial charge in [-0.1, -0.05) is 30.3 Å². The number of carbonyl (C=O) groups is 2. The first kappa shape index (κ1) is 18.2. The van der Waals surface area contributed by atoms with Crippen molar-refractivity contribution in [1.82, 2.24) is 10.2 Å². The number of amides is 2. The molecule has 1 atom stereocenters. The number of nitrogens with zero attached hydrogens (tertiary/aromatic N) is 3. The maximum absolute atomic E-state index is 12.5. The highest BCUT2D eigenvalue weighted by Crippen LogP contribution is 2.18. The van der Waals surface area contributed by atoms with Crippen LogP contribution >= 0.6 is 0 Å². The summed E-state index contributed by atoms with van der Waals surface area (Å²) in [6.45, 7) is 1.99. The Kier molecular flexibility index (Phi) is 7.88. The van der Waals surface area contributed by atoms with Crippen molar-refractivity contribution in [3.8, 4) is 12.1 Å². The van der Waals surface area contributed by atoms with Crippen molar-refractivity contribution in [1.29, 1.82) is 10.5 Å². The topological polar surface area (TPSA) is 97.0 Å². The highest BCUT2D eigenvalue weighted by Gasteiger charge is 2.21. The zero-order valence-corrected chi connectivity index (χ0v) is 13.2. The molecule has 0 heterocycles. The van der Waals surface area contributed by atoms with Crippen molar-refractivity contribution < 1.29 is 9.59 Å². The predicted octanol–water partition coefficient (Wildman–Crippen LogP) is 1.91. The van der Waals surface area contributed by atoms with Crippen LogP contribution in [-0.4, -0.2) is 29.8 Å². The van der Waals surface area contributed by atoms with Gasteiger partial charge < -0.3 is 10.2 Å². The number of benzene rings is 1. The lowest BCUT2D eigenvalue weighted by molar-refractivity contribution is -0.132. The highest BCUT2D eigenvalue weighted by atomic mass is 16.2. The molecule has 0 saturated carbocycles. The number of rotatable bonds is 8. The maximum Gasteiger partial charge on any atom is 0.225 e. The lowest BCUT2D eigenvalue weighted by Crippen LogP contribution is -2.37. The van der Waals surface area contributed by atoms with Crippen LogP contribution in [0.4, 0.5) is 0 Å². The van der Waals surface area contributed by atoms with Crippen LogP contribution in [0.25, 0.3) is 0 Å². The normalized spacial score (nSPS) is 10.9. The van der Waals surface area contributed by atoms with Crippen LogP contribution in [0.2, 0.25) is 0 Å². The molecule has 1 unspecified atom stereocenters. The summed E-state index contributed by atoms with van der Waals surface area (Å²) in [6.07, 6.45) is 0.529. The van der Waals surface area contributed by atoms with E-state index in [9.17, 15) is 9.59 Å². The van der Waals surface area contributed by atoms with E-state index < -0.39 is 6.04 Å². The van der Waals surface area contributed by atoms with Crippen molar-refractivity contribution in [2.45, 2.75) is 32.2 Å². The Morgan fingerprint density at radius 2 is 1.70 bits per heavy atom. The molecule has 120 valence electrons.